The number of rotatable bonds is 3. The summed E-state index contributed by atoms with van der Waals surface area (Å²) < 4.78 is 0. The summed E-state index contributed by atoms with van der Waals surface area (Å²) in [5.74, 6) is -2.24. The molecule has 1 fully saturated rings. The molecule has 0 radical (unpaired) electrons. The van der Waals surface area contributed by atoms with Gasteiger partial charge in [-0.2, -0.15) is 5.26 Å². The Morgan fingerprint density at radius 2 is 1.91 bits per heavy atom. The van der Waals surface area contributed by atoms with Gasteiger partial charge in [0, 0.05) is 4.88 Å². The minimum Gasteiger partial charge on any atom is -0.481 e. The van der Waals surface area contributed by atoms with E-state index in [0.717, 1.165) is 37.7 Å². The summed E-state index contributed by atoms with van der Waals surface area (Å²) in [5.41, 5.74) is 1.65. The first-order chi connectivity index (χ1) is 10.6. The number of hydrogen-bond donors (Lipinski definition) is 2. The monoisotopic (exact) mass is 318 g/mol. The van der Waals surface area contributed by atoms with Gasteiger partial charge in [0.2, 0.25) is 5.91 Å². The van der Waals surface area contributed by atoms with E-state index in [1.54, 1.807) is 0 Å². The molecular formula is C16H18N2O3S. The third-order valence-electron chi connectivity index (χ3n) is 4.69. The number of nitrogens with zero attached hydrogens (tertiary/aromatic N) is 1. The zero-order valence-corrected chi connectivity index (χ0v) is 13.0. The molecular weight excluding hydrogens is 300 g/mol. The predicted molar refractivity (Wildman–Crippen MR) is 82.8 cm³/mol. The number of amides is 1. The molecule has 3 rings (SSSR count). The van der Waals surface area contributed by atoms with Crippen molar-refractivity contribution in [2.45, 2.75) is 44.9 Å². The van der Waals surface area contributed by atoms with E-state index >= 15 is 0 Å². The van der Waals surface area contributed by atoms with Gasteiger partial charge in [-0.05, 0) is 37.7 Å². The van der Waals surface area contributed by atoms with Crippen LogP contribution in [-0.4, -0.2) is 17.0 Å². The summed E-state index contributed by atoms with van der Waals surface area (Å²) in [4.78, 5) is 25.0. The first-order valence-corrected chi connectivity index (χ1v) is 8.51. The number of carbonyl (C=O) groups excluding carboxylic acids is 1. The van der Waals surface area contributed by atoms with Crippen molar-refractivity contribution < 1.29 is 14.7 Å². The number of nitrogens with one attached hydrogen (secondary N) is 1. The van der Waals surface area contributed by atoms with Crippen LogP contribution in [-0.2, 0) is 22.4 Å². The molecule has 1 amide bonds. The van der Waals surface area contributed by atoms with E-state index in [0.29, 0.717) is 23.4 Å². The maximum atomic E-state index is 12.5. The quantitative estimate of drug-likeness (QED) is 0.896. The van der Waals surface area contributed by atoms with Crippen molar-refractivity contribution in [1.82, 2.24) is 0 Å². The van der Waals surface area contributed by atoms with Crippen molar-refractivity contribution in [2.24, 2.45) is 11.8 Å². The Labute approximate surface area is 132 Å². The Hall–Kier alpha value is -1.87. The summed E-state index contributed by atoms with van der Waals surface area (Å²) in [5, 5.41) is 22.1. The minimum absolute atomic E-state index is 0.247. The van der Waals surface area contributed by atoms with Crippen LogP contribution in [0.15, 0.2) is 0 Å². The number of hydrogen-bond acceptors (Lipinski definition) is 4. The molecule has 1 saturated carbocycles. The molecule has 0 aromatic carbocycles. The average Bonchev–Trinajstić information content (AvgIpc) is 3.07. The van der Waals surface area contributed by atoms with E-state index in [2.05, 4.69) is 11.4 Å². The molecule has 5 nitrogen and oxygen atoms in total. The Bertz CT molecular complexity index is 659. The second-order valence-corrected chi connectivity index (χ2v) is 7.10. The molecule has 2 aliphatic rings. The zero-order valence-electron chi connectivity index (χ0n) is 12.2. The molecule has 2 aliphatic carbocycles. The standard InChI is InChI=1S/C16H18N2O3S/c17-8-12-9-6-3-7-13(9)22-15(12)18-14(19)10-4-1-2-5-11(10)16(20)21/h10-11H,1-7H2,(H,18,19)(H,20,21). The lowest BCUT2D eigenvalue weighted by Gasteiger charge is -2.27. The summed E-state index contributed by atoms with van der Waals surface area (Å²) in [7, 11) is 0. The number of carboxylic acid groups (broad SMARTS) is 1. The molecule has 2 unspecified atom stereocenters. The van der Waals surface area contributed by atoms with Crippen LogP contribution in [0.2, 0.25) is 0 Å². The van der Waals surface area contributed by atoms with Gasteiger partial charge in [0.05, 0.1) is 17.4 Å². The van der Waals surface area contributed by atoms with Gasteiger partial charge in [-0.15, -0.1) is 11.3 Å². The van der Waals surface area contributed by atoms with Crippen molar-refractivity contribution >= 4 is 28.2 Å². The fourth-order valence-corrected chi connectivity index (χ4v) is 4.80. The van der Waals surface area contributed by atoms with Crippen LogP contribution in [0.4, 0.5) is 5.00 Å². The van der Waals surface area contributed by atoms with Crippen molar-refractivity contribution in [3.8, 4) is 6.07 Å². The topological polar surface area (TPSA) is 90.2 Å². The lowest BCUT2D eigenvalue weighted by Crippen LogP contribution is -2.36. The van der Waals surface area contributed by atoms with Gasteiger partial charge in [-0.25, -0.2) is 0 Å². The highest BCUT2D eigenvalue weighted by atomic mass is 32.1. The SMILES string of the molecule is N#Cc1c(NC(=O)C2CCCCC2C(=O)O)sc2c1CCC2. The predicted octanol–water partition coefficient (Wildman–Crippen LogP) is 2.94. The van der Waals surface area contributed by atoms with Gasteiger partial charge in [-0.3, -0.25) is 9.59 Å². The maximum absolute atomic E-state index is 12.5. The first-order valence-electron chi connectivity index (χ1n) is 7.70. The third kappa shape index (κ3) is 2.61. The molecule has 2 atom stereocenters. The summed E-state index contributed by atoms with van der Waals surface area (Å²) >= 11 is 1.47. The lowest BCUT2D eigenvalue weighted by atomic mass is 9.79. The number of aliphatic carboxylic acids is 1. The molecule has 0 saturated heterocycles. The largest absolute Gasteiger partial charge is 0.481 e. The number of anilines is 1. The molecule has 0 spiro atoms. The number of carboxylic acids is 1. The van der Waals surface area contributed by atoms with Crippen LogP contribution in [0.3, 0.4) is 0 Å². The third-order valence-corrected chi connectivity index (χ3v) is 5.90. The van der Waals surface area contributed by atoms with E-state index in [4.69, 9.17) is 0 Å². The van der Waals surface area contributed by atoms with Gasteiger partial charge in [-0.1, -0.05) is 12.8 Å². The molecule has 0 bridgehead atoms. The van der Waals surface area contributed by atoms with E-state index in [1.165, 1.54) is 16.2 Å². The smallest absolute Gasteiger partial charge is 0.307 e. The summed E-state index contributed by atoms with van der Waals surface area (Å²) in [6, 6.07) is 2.20. The molecule has 116 valence electrons. The van der Waals surface area contributed by atoms with Crippen LogP contribution in [0, 0.1) is 23.2 Å². The highest BCUT2D eigenvalue weighted by Gasteiger charge is 2.36. The Kier molecular flexibility index (Phi) is 4.16. The Balaban J connectivity index is 1.80. The van der Waals surface area contributed by atoms with Gasteiger partial charge >= 0.3 is 5.97 Å². The van der Waals surface area contributed by atoms with Crippen LogP contribution >= 0.6 is 11.3 Å². The van der Waals surface area contributed by atoms with Gasteiger partial charge in [0.25, 0.3) is 0 Å². The zero-order chi connectivity index (χ0) is 15.7. The Morgan fingerprint density at radius 1 is 1.18 bits per heavy atom. The normalized spacial score (nSPS) is 23.6. The van der Waals surface area contributed by atoms with Gasteiger partial charge in [0.15, 0.2) is 0 Å². The van der Waals surface area contributed by atoms with Crippen LogP contribution in [0.25, 0.3) is 0 Å². The molecule has 0 aliphatic heterocycles. The molecule has 22 heavy (non-hydrogen) atoms. The van der Waals surface area contributed by atoms with Crippen molar-refractivity contribution in [1.29, 1.82) is 5.26 Å². The minimum atomic E-state index is -0.894. The lowest BCUT2D eigenvalue weighted by molar-refractivity contribution is -0.147. The molecule has 1 aromatic rings. The summed E-state index contributed by atoms with van der Waals surface area (Å²) in [6.07, 6.45) is 5.83. The first kappa shape index (κ1) is 15.0. The molecule has 6 heteroatoms. The molecule has 1 aromatic heterocycles. The van der Waals surface area contributed by atoms with Crippen LogP contribution < -0.4 is 5.32 Å². The van der Waals surface area contributed by atoms with Crippen LogP contribution in [0.5, 0.6) is 0 Å². The molecule has 1 heterocycles. The van der Waals surface area contributed by atoms with Crippen molar-refractivity contribution in [2.75, 3.05) is 5.32 Å². The second kappa shape index (κ2) is 6.09. The van der Waals surface area contributed by atoms with Crippen molar-refractivity contribution in [3.05, 3.63) is 16.0 Å². The highest BCUT2D eigenvalue weighted by Crippen LogP contribution is 2.39. The average molecular weight is 318 g/mol. The summed E-state index contributed by atoms with van der Waals surface area (Å²) in [6.45, 7) is 0. The van der Waals surface area contributed by atoms with E-state index in [1.807, 2.05) is 0 Å². The van der Waals surface area contributed by atoms with E-state index in [-0.39, 0.29) is 5.91 Å². The Morgan fingerprint density at radius 3 is 2.59 bits per heavy atom. The van der Waals surface area contributed by atoms with Gasteiger partial charge in [0.1, 0.15) is 11.1 Å². The maximum Gasteiger partial charge on any atom is 0.307 e. The van der Waals surface area contributed by atoms with Crippen molar-refractivity contribution in [3.63, 3.8) is 0 Å². The number of carbonyl (C=O) groups is 2. The molecule has 2 N–H and O–H groups in total. The van der Waals surface area contributed by atoms with Crippen LogP contribution in [0.1, 0.15) is 48.1 Å². The van der Waals surface area contributed by atoms with E-state index < -0.39 is 17.8 Å². The number of nitriles is 1. The fraction of sp³-hybridized carbons (Fsp3) is 0.562. The highest BCUT2D eigenvalue weighted by molar-refractivity contribution is 7.16. The number of thiophene rings is 1. The second-order valence-electron chi connectivity index (χ2n) is 6.00. The number of aryl methyl sites for hydroxylation is 1. The fourth-order valence-electron chi connectivity index (χ4n) is 3.56. The van der Waals surface area contributed by atoms with Gasteiger partial charge < -0.3 is 10.4 Å². The van der Waals surface area contributed by atoms with E-state index in [9.17, 15) is 20.0 Å². The number of fused-ring (bicyclic) bond motifs is 1.